The Labute approximate surface area is 187 Å². The van der Waals surface area contributed by atoms with E-state index in [4.69, 9.17) is 14.5 Å². The number of aromatic nitrogens is 2. The largest absolute Gasteiger partial charge is 0.495 e. The van der Waals surface area contributed by atoms with Gasteiger partial charge in [-0.2, -0.15) is 0 Å². The summed E-state index contributed by atoms with van der Waals surface area (Å²) in [6, 6.07) is 9.94. The molecule has 166 valence electrons. The Balaban J connectivity index is 1.49. The zero-order valence-electron chi connectivity index (χ0n) is 18.8. The Morgan fingerprint density at radius 2 is 2.03 bits per heavy atom. The molecule has 0 bridgehead atoms. The molecule has 2 aliphatic heterocycles. The predicted octanol–water partition coefficient (Wildman–Crippen LogP) is 4.11. The van der Waals surface area contributed by atoms with Crippen LogP contribution < -0.4 is 15.0 Å². The second kappa shape index (κ2) is 7.63. The molecule has 1 saturated heterocycles. The van der Waals surface area contributed by atoms with Crippen LogP contribution in [0.2, 0.25) is 0 Å². The number of nitrogens with one attached hydrogen (secondary N) is 1. The standard InChI is InChI=1S/C24H27N5O3/c1-24(2)14-32-23(30)29(24)18-6-5-16-12-25-22(26-19(16)11-18)27-20-9-17-13-28(3)8-7-15(17)10-21(20)31-4/h5-6,9-12H,7-8,13-14H2,1-4H3,(H,25,26,27). The molecule has 2 aromatic carbocycles. The topological polar surface area (TPSA) is 79.8 Å². The first-order valence-corrected chi connectivity index (χ1v) is 10.7. The van der Waals surface area contributed by atoms with Gasteiger partial charge in [0.2, 0.25) is 5.95 Å². The lowest BCUT2D eigenvalue weighted by atomic mass is 9.99. The van der Waals surface area contributed by atoms with Crippen molar-refractivity contribution in [3.8, 4) is 5.75 Å². The van der Waals surface area contributed by atoms with Gasteiger partial charge in [-0.15, -0.1) is 0 Å². The number of nitrogens with zero attached hydrogens (tertiary/aromatic N) is 4. The minimum atomic E-state index is -0.414. The van der Waals surface area contributed by atoms with Crippen LogP contribution >= 0.6 is 0 Å². The van der Waals surface area contributed by atoms with Crippen molar-refractivity contribution in [1.82, 2.24) is 14.9 Å². The van der Waals surface area contributed by atoms with E-state index < -0.39 is 5.54 Å². The zero-order valence-corrected chi connectivity index (χ0v) is 18.8. The minimum absolute atomic E-state index is 0.342. The maximum Gasteiger partial charge on any atom is 0.414 e. The molecular formula is C24H27N5O3. The number of methoxy groups -OCH3 is 1. The van der Waals surface area contributed by atoms with Crippen LogP contribution in [-0.2, 0) is 17.7 Å². The van der Waals surface area contributed by atoms with Gasteiger partial charge >= 0.3 is 6.09 Å². The van der Waals surface area contributed by atoms with Gasteiger partial charge < -0.3 is 19.7 Å². The second-order valence-corrected chi connectivity index (χ2v) is 9.07. The highest BCUT2D eigenvalue weighted by Gasteiger charge is 2.41. The highest BCUT2D eigenvalue weighted by Crippen LogP contribution is 2.34. The van der Waals surface area contributed by atoms with Crippen LogP contribution in [0.5, 0.6) is 5.75 Å². The molecule has 8 heteroatoms. The molecule has 32 heavy (non-hydrogen) atoms. The summed E-state index contributed by atoms with van der Waals surface area (Å²) in [4.78, 5) is 25.5. The number of hydrogen-bond acceptors (Lipinski definition) is 7. The third-order valence-electron chi connectivity index (χ3n) is 6.13. The molecule has 1 fully saturated rings. The van der Waals surface area contributed by atoms with E-state index in [9.17, 15) is 4.79 Å². The maximum absolute atomic E-state index is 12.3. The number of carbonyl (C=O) groups excluding carboxylic acids is 1. The fraction of sp³-hybridized carbons (Fsp3) is 0.375. The third-order valence-corrected chi connectivity index (χ3v) is 6.13. The molecule has 0 unspecified atom stereocenters. The molecule has 1 aromatic heterocycles. The molecule has 0 atom stereocenters. The van der Waals surface area contributed by atoms with Crippen molar-refractivity contribution in [2.24, 2.45) is 0 Å². The van der Waals surface area contributed by atoms with E-state index in [0.29, 0.717) is 12.6 Å². The number of benzene rings is 2. The van der Waals surface area contributed by atoms with Crippen molar-refractivity contribution in [3.05, 3.63) is 47.7 Å². The van der Waals surface area contributed by atoms with Crippen LogP contribution in [0, 0.1) is 0 Å². The number of anilines is 3. The molecule has 3 aromatic rings. The molecule has 0 spiro atoms. The number of amides is 1. The summed E-state index contributed by atoms with van der Waals surface area (Å²) in [6.07, 6.45) is 2.44. The molecule has 1 amide bonds. The molecule has 2 aliphatic rings. The summed E-state index contributed by atoms with van der Waals surface area (Å²) in [5, 5.41) is 4.22. The van der Waals surface area contributed by atoms with Crippen LogP contribution in [-0.4, -0.2) is 53.8 Å². The van der Waals surface area contributed by atoms with Gasteiger partial charge in [-0.1, -0.05) is 0 Å². The van der Waals surface area contributed by atoms with Crippen molar-refractivity contribution < 1.29 is 14.3 Å². The van der Waals surface area contributed by atoms with E-state index >= 15 is 0 Å². The Bertz CT molecular complexity index is 1210. The molecule has 1 N–H and O–H groups in total. The summed E-state index contributed by atoms with van der Waals surface area (Å²) in [5.74, 6) is 1.24. The Kier molecular flexibility index (Phi) is 4.89. The van der Waals surface area contributed by atoms with Crippen LogP contribution in [0.4, 0.5) is 22.1 Å². The monoisotopic (exact) mass is 433 g/mol. The van der Waals surface area contributed by atoms with Crippen LogP contribution in [0.15, 0.2) is 36.5 Å². The average molecular weight is 434 g/mol. The van der Waals surface area contributed by atoms with E-state index in [-0.39, 0.29) is 6.09 Å². The maximum atomic E-state index is 12.3. The highest BCUT2D eigenvalue weighted by molar-refractivity contribution is 5.94. The van der Waals surface area contributed by atoms with Crippen molar-refractivity contribution >= 4 is 34.3 Å². The number of fused-ring (bicyclic) bond motifs is 2. The van der Waals surface area contributed by atoms with Gasteiger partial charge in [0.05, 0.1) is 23.9 Å². The number of carbonyl (C=O) groups is 1. The first kappa shape index (κ1) is 20.5. The van der Waals surface area contributed by atoms with Gasteiger partial charge in [-0.3, -0.25) is 4.90 Å². The van der Waals surface area contributed by atoms with Crippen LogP contribution in [0.3, 0.4) is 0 Å². The number of ether oxygens (including phenoxy) is 2. The molecule has 0 aliphatic carbocycles. The minimum Gasteiger partial charge on any atom is -0.495 e. The first-order chi connectivity index (χ1) is 15.3. The Morgan fingerprint density at radius 1 is 1.19 bits per heavy atom. The van der Waals surface area contributed by atoms with Gasteiger partial charge in [0.15, 0.2) is 0 Å². The van der Waals surface area contributed by atoms with E-state index in [1.807, 2.05) is 32.0 Å². The van der Waals surface area contributed by atoms with Gasteiger partial charge in [0.1, 0.15) is 12.4 Å². The smallest absolute Gasteiger partial charge is 0.414 e. The molecule has 3 heterocycles. The van der Waals surface area contributed by atoms with E-state index in [1.165, 1.54) is 11.1 Å². The summed E-state index contributed by atoms with van der Waals surface area (Å²) in [7, 11) is 3.80. The third kappa shape index (κ3) is 3.60. The van der Waals surface area contributed by atoms with Gasteiger partial charge in [-0.25, -0.2) is 14.8 Å². The molecule has 8 nitrogen and oxygen atoms in total. The number of cyclic esters (lactones) is 1. The first-order valence-electron chi connectivity index (χ1n) is 10.7. The number of rotatable bonds is 4. The fourth-order valence-electron chi connectivity index (χ4n) is 4.40. The quantitative estimate of drug-likeness (QED) is 0.663. The Morgan fingerprint density at radius 3 is 2.78 bits per heavy atom. The SMILES string of the molecule is COc1cc2c(cc1Nc1ncc3ccc(N4C(=O)OCC4(C)C)cc3n1)CN(C)CC2. The predicted molar refractivity (Wildman–Crippen MR) is 124 cm³/mol. The van der Waals surface area contributed by atoms with Gasteiger partial charge in [-0.05, 0) is 68.8 Å². The lowest BCUT2D eigenvalue weighted by Gasteiger charge is -2.27. The van der Waals surface area contributed by atoms with Crippen molar-refractivity contribution in [2.75, 3.05) is 37.5 Å². The molecule has 0 radical (unpaired) electrons. The number of hydrogen-bond donors (Lipinski definition) is 1. The average Bonchev–Trinajstić information content (AvgIpc) is 3.04. The van der Waals surface area contributed by atoms with E-state index in [1.54, 1.807) is 18.2 Å². The van der Waals surface area contributed by atoms with E-state index in [2.05, 4.69) is 34.4 Å². The lowest BCUT2D eigenvalue weighted by Crippen LogP contribution is -2.42. The summed E-state index contributed by atoms with van der Waals surface area (Å²) < 4.78 is 10.9. The summed E-state index contributed by atoms with van der Waals surface area (Å²) >= 11 is 0. The molecule has 0 saturated carbocycles. The normalized spacial score (nSPS) is 17.9. The fourth-order valence-corrected chi connectivity index (χ4v) is 4.40. The van der Waals surface area contributed by atoms with Crippen molar-refractivity contribution in [3.63, 3.8) is 0 Å². The Hall–Kier alpha value is -3.39. The van der Waals surface area contributed by atoms with Crippen LogP contribution in [0.25, 0.3) is 10.9 Å². The van der Waals surface area contributed by atoms with Crippen LogP contribution in [0.1, 0.15) is 25.0 Å². The van der Waals surface area contributed by atoms with Gasteiger partial charge in [0, 0.05) is 30.4 Å². The van der Waals surface area contributed by atoms with Crippen molar-refractivity contribution in [1.29, 1.82) is 0 Å². The highest BCUT2D eigenvalue weighted by atomic mass is 16.6. The molecule has 5 rings (SSSR count). The van der Waals surface area contributed by atoms with E-state index in [0.717, 1.165) is 47.5 Å². The summed E-state index contributed by atoms with van der Waals surface area (Å²) in [5.41, 5.74) is 4.51. The second-order valence-electron chi connectivity index (χ2n) is 9.07. The summed E-state index contributed by atoms with van der Waals surface area (Å²) in [6.45, 7) is 6.26. The zero-order chi connectivity index (χ0) is 22.5. The van der Waals surface area contributed by atoms with Crippen molar-refractivity contribution in [2.45, 2.75) is 32.4 Å². The van der Waals surface area contributed by atoms with Gasteiger partial charge in [0.25, 0.3) is 0 Å². The lowest BCUT2D eigenvalue weighted by molar-refractivity contribution is 0.175. The number of likely N-dealkylation sites (N-methyl/N-ethyl adjacent to an activating group) is 1. The molecular weight excluding hydrogens is 406 g/mol.